The van der Waals surface area contributed by atoms with Crippen LogP contribution in [-0.4, -0.2) is 54.4 Å². The van der Waals surface area contributed by atoms with Crippen LogP contribution in [0, 0.1) is 5.92 Å². The topological polar surface area (TPSA) is 67.8 Å². The Balaban J connectivity index is 1.42. The molecule has 2 aliphatic rings. The highest BCUT2D eigenvalue weighted by molar-refractivity contribution is 7.99. The van der Waals surface area contributed by atoms with Gasteiger partial charge in [-0.15, -0.1) is 0 Å². The summed E-state index contributed by atoms with van der Waals surface area (Å²) in [6, 6.07) is 6.63. The van der Waals surface area contributed by atoms with E-state index in [2.05, 4.69) is 38.0 Å². The number of methoxy groups -OCH3 is 1. The van der Waals surface area contributed by atoms with Gasteiger partial charge in [-0.25, -0.2) is 14.8 Å². The van der Waals surface area contributed by atoms with Gasteiger partial charge >= 0.3 is 5.97 Å². The fourth-order valence-electron chi connectivity index (χ4n) is 4.30. The number of esters is 1. The lowest BCUT2D eigenvalue weighted by Gasteiger charge is -2.33. The third kappa shape index (κ3) is 5.14. The molecule has 0 N–H and O–H groups in total. The molecule has 0 amide bonds. The molecule has 7 nitrogen and oxygen atoms in total. The predicted molar refractivity (Wildman–Crippen MR) is 125 cm³/mol. The second-order valence-electron chi connectivity index (χ2n) is 8.13. The van der Waals surface area contributed by atoms with Crippen molar-refractivity contribution in [2.75, 3.05) is 38.4 Å². The number of aromatic nitrogens is 2. The van der Waals surface area contributed by atoms with Crippen molar-refractivity contribution in [3.8, 4) is 0 Å². The standard InChI is InChI=1S/C24H30N4O3S/c1-4-31-22(29)13-17(2)19-7-11-27(12-8-19)15-18-5-6-21-20(14-18)28(16-30-3)23-24(32-21)26-10-9-25-23/h5-6,9-10,13-14,19H,4,7-8,11-12,15-16H2,1-3H3/b17-13-. The molecule has 2 aromatic rings. The van der Waals surface area contributed by atoms with Crippen LogP contribution in [0.25, 0.3) is 0 Å². The number of carbonyl (C=O) groups excluding carboxylic acids is 1. The maximum absolute atomic E-state index is 11.7. The lowest BCUT2D eigenvalue weighted by molar-refractivity contribution is -0.137. The smallest absolute Gasteiger partial charge is 0.330 e. The molecule has 4 rings (SSSR count). The Labute approximate surface area is 193 Å². The first-order chi connectivity index (χ1) is 15.6. The van der Waals surface area contributed by atoms with Crippen LogP contribution in [0.4, 0.5) is 11.5 Å². The summed E-state index contributed by atoms with van der Waals surface area (Å²) in [7, 11) is 1.70. The van der Waals surface area contributed by atoms with Crippen LogP contribution in [-0.2, 0) is 20.8 Å². The average Bonchev–Trinajstić information content (AvgIpc) is 2.80. The molecule has 0 unspecified atom stereocenters. The second-order valence-corrected chi connectivity index (χ2v) is 9.16. The Kier molecular flexibility index (Phi) is 7.44. The third-order valence-electron chi connectivity index (χ3n) is 5.95. The largest absolute Gasteiger partial charge is 0.463 e. The SMILES string of the molecule is CCOC(=O)/C=C(/C)C1CCN(Cc2ccc3c(c2)N(COC)c2nccnc2S3)CC1. The van der Waals surface area contributed by atoms with Crippen molar-refractivity contribution in [3.63, 3.8) is 0 Å². The second kappa shape index (κ2) is 10.5. The van der Waals surface area contributed by atoms with Gasteiger partial charge in [-0.2, -0.15) is 0 Å². The zero-order valence-corrected chi connectivity index (χ0v) is 19.7. The highest BCUT2D eigenvalue weighted by Gasteiger charge is 2.26. The van der Waals surface area contributed by atoms with E-state index in [1.165, 1.54) is 5.56 Å². The van der Waals surface area contributed by atoms with Crippen LogP contribution in [0.1, 0.15) is 32.3 Å². The van der Waals surface area contributed by atoms with E-state index in [1.807, 2.05) is 13.8 Å². The van der Waals surface area contributed by atoms with Gasteiger partial charge in [-0.1, -0.05) is 23.4 Å². The molecule has 0 radical (unpaired) electrons. The Bertz CT molecular complexity index is 989. The Hall–Kier alpha value is -2.42. The fourth-order valence-corrected chi connectivity index (χ4v) is 5.29. The van der Waals surface area contributed by atoms with E-state index in [-0.39, 0.29) is 5.97 Å². The lowest BCUT2D eigenvalue weighted by Crippen LogP contribution is -2.33. The summed E-state index contributed by atoms with van der Waals surface area (Å²) in [6.07, 6.45) is 7.22. The first-order valence-corrected chi connectivity index (χ1v) is 11.9. The number of anilines is 2. The molecule has 0 spiro atoms. The molecule has 2 aliphatic heterocycles. The zero-order valence-electron chi connectivity index (χ0n) is 18.9. The summed E-state index contributed by atoms with van der Waals surface area (Å²) < 4.78 is 10.5. The molecule has 8 heteroatoms. The van der Waals surface area contributed by atoms with E-state index in [9.17, 15) is 4.79 Å². The molecular formula is C24H30N4O3S. The van der Waals surface area contributed by atoms with Gasteiger partial charge < -0.3 is 9.47 Å². The number of benzene rings is 1. The van der Waals surface area contributed by atoms with Crippen molar-refractivity contribution in [2.24, 2.45) is 5.92 Å². The Morgan fingerprint density at radius 3 is 2.78 bits per heavy atom. The number of nitrogens with zero attached hydrogens (tertiary/aromatic N) is 4. The molecule has 32 heavy (non-hydrogen) atoms. The quantitative estimate of drug-likeness (QED) is 0.450. The summed E-state index contributed by atoms with van der Waals surface area (Å²) in [4.78, 5) is 26.5. The van der Waals surface area contributed by atoms with Gasteiger partial charge in [0.1, 0.15) is 11.8 Å². The molecule has 1 fully saturated rings. The maximum Gasteiger partial charge on any atom is 0.330 e. The summed E-state index contributed by atoms with van der Waals surface area (Å²) >= 11 is 1.65. The first-order valence-electron chi connectivity index (χ1n) is 11.0. The Morgan fingerprint density at radius 1 is 1.25 bits per heavy atom. The van der Waals surface area contributed by atoms with Crippen molar-refractivity contribution in [1.82, 2.24) is 14.9 Å². The molecule has 0 aliphatic carbocycles. The van der Waals surface area contributed by atoms with Gasteiger partial charge in [0.15, 0.2) is 5.82 Å². The van der Waals surface area contributed by atoms with Crippen molar-refractivity contribution < 1.29 is 14.3 Å². The van der Waals surface area contributed by atoms with E-state index >= 15 is 0 Å². The normalized spacial score (nSPS) is 17.1. The first kappa shape index (κ1) is 22.8. The number of allylic oxidation sites excluding steroid dienone is 1. The van der Waals surface area contributed by atoms with Crippen LogP contribution in [0.2, 0.25) is 0 Å². The number of piperidine rings is 1. The minimum absolute atomic E-state index is 0.230. The molecule has 0 bridgehead atoms. The molecule has 1 aromatic carbocycles. The monoisotopic (exact) mass is 454 g/mol. The van der Waals surface area contributed by atoms with Crippen LogP contribution >= 0.6 is 11.8 Å². The zero-order chi connectivity index (χ0) is 22.5. The highest BCUT2D eigenvalue weighted by Crippen LogP contribution is 2.46. The summed E-state index contributed by atoms with van der Waals surface area (Å²) in [5.41, 5.74) is 3.52. The molecule has 170 valence electrons. The van der Waals surface area contributed by atoms with E-state index in [0.29, 0.717) is 19.3 Å². The number of likely N-dealkylation sites (tertiary alicyclic amines) is 1. The van der Waals surface area contributed by atoms with Crippen molar-refractivity contribution in [1.29, 1.82) is 0 Å². The predicted octanol–water partition coefficient (Wildman–Crippen LogP) is 4.40. The van der Waals surface area contributed by atoms with Gasteiger partial charge in [0, 0.05) is 37.0 Å². The number of rotatable bonds is 7. The van der Waals surface area contributed by atoms with Gasteiger partial charge in [0.05, 0.1) is 12.3 Å². The molecule has 1 aromatic heterocycles. The maximum atomic E-state index is 11.7. The van der Waals surface area contributed by atoms with Gasteiger partial charge in [-0.3, -0.25) is 9.80 Å². The number of hydrogen-bond donors (Lipinski definition) is 0. The third-order valence-corrected chi connectivity index (χ3v) is 7.00. The lowest BCUT2D eigenvalue weighted by atomic mass is 9.89. The average molecular weight is 455 g/mol. The molecule has 0 atom stereocenters. The summed E-state index contributed by atoms with van der Waals surface area (Å²) in [5, 5.41) is 0.901. The number of hydrogen-bond acceptors (Lipinski definition) is 8. The van der Waals surface area contributed by atoms with Crippen LogP contribution < -0.4 is 4.90 Å². The van der Waals surface area contributed by atoms with Crippen molar-refractivity contribution in [2.45, 2.75) is 43.2 Å². The Morgan fingerprint density at radius 2 is 2.03 bits per heavy atom. The van der Waals surface area contributed by atoms with E-state index in [1.54, 1.807) is 37.3 Å². The summed E-state index contributed by atoms with van der Waals surface area (Å²) in [6.45, 7) is 7.66. The molecule has 0 saturated carbocycles. The van der Waals surface area contributed by atoms with E-state index < -0.39 is 0 Å². The van der Waals surface area contributed by atoms with Crippen LogP contribution in [0.15, 0.2) is 52.2 Å². The van der Waals surface area contributed by atoms with E-state index in [0.717, 1.165) is 59.5 Å². The van der Waals surface area contributed by atoms with Crippen LogP contribution in [0.5, 0.6) is 0 Å². The van der Waals surface area contributed by atoms with Crippen LogP contribution in [0.3, 0.4) is 0 Å². The van der Waals surface area contributed by atoms with Crippen molar-refractivity contribution >= 4 is 29.2 Å². The minimum atomic E-state index is -0.230. The number of ether oxygens (including phenoxy) is 2. The van der Waals surface area contributed by atoms with Gasteiger partial charge in [0.2, 0.25) is 0 Å². The van der Waals surface area contributed by atoms with E-state index in [4.69, 9.17) is 9.47 Å². The molecule has 1 saturated heterocycles. The highest BCUT2D eigenvalue weighted by atomic mass is 32.2. The number of carbonyl (C=O) groups is 1. The fraction of sp³-hybridized carbons (Fsp3) is 0.458. The minimum Gasteiger partial charge on any atom is -0.463 e. The number of fused-ring (bicyclic) bond motifs is 2. The van der Waals surface area contributed by atoms with Gasteiger partial charge in [0.25, 0.3) is 0 Å². The molecule has 3 heterocycles. The summed E-state index contributed by atoms with van der Waals surface area (Å²) in [5.74, 6) is 1.06. The van der Waals surface area contributed by atoms with Crippen molar-refractivity contribution in [3.05, 3.63) is 47.8 Å². The molecular weight excluding hydrogens is 424 g/mol. The van der Waals surface area contributed by atoms with Gasteiger partial charge in [-0.05, 0) is 63.4 Å².